The number of nitrogens with zero attached hydrogens (tertiary/aromatic N) is 2. The van der Waals surface area contributed by atoms with Crippen molar-refractivity contribution >= 4 is 22.7 Å². The highest BCUT2D eigenvalue weighted by atomic mass is 32.1. The Balaban J connectivity index is 1.66. The Morgan fingerprint density at radius 1 is 0.917 bits per heavy atom. The number of hydrogen-bond acceptors (Lipinski definition) is 3. The van der Waals surface area contributed by atoms with Crippen molar-refractivity contribution in [2.75, 3.05) is 5.01 Å². The average molecular weight is 330 g/mol. The van der Waals surface area contributed by atoms with E-state index < -0.39 is 0 Å². The Bertz CT molecular complexity index is 883. The average Bonchev–Trinajstić information content (AvgIpc) is 3.29. The van der Waals surface area contributed by atoms with Crippen LogP contribution < -0.4 is 5.01 Å². The number of hydrogen-bond donors (Lipinski definition) is 0. The van der Waals surface area contributed by atoms with Crippen molar-refractivity contribution in [3.05, 3.63) is 88.1 Å². The Hall–Kier alpha value is -2.39. The molecule has 0 spiro atoms. The first-order valence-corrected chi connectivity index (χ1v) is 9.34. The quantitative estimate of drug-likeness (QED) is 0.624. The molecular formula is C21H18N2S. The smallest absolute Gasteiger partial charge is 0.0951 e. The number of thiophene rings is 1. The molecule has 0 unspecified atom stereocenters. The maximum atomic E-state index is 5.12. The molecule has 1 aliphatic heterocycles. The fourth-order valence-corrected chi connectivity index (χ4v) is 4.87. The highest BCUT2D eigenvalue weighted by Crippen LogP contribution is 2.46. The third-order valence-electron chi connectivity index (χ3n) is 5.08. The fourth-order valence-electron chi connectivity index (χ4n) is 4.00. The van der Waals surface area contributed by atoms with Gasteiger partial charge >= 0.3 is 0 Å². The summed E-state index contributed by atoms with van der Waals surface area (Å²) >= 11 is 1.84. The molecule has 2 aromatic carbocycles. The lowest BCUT2D eigenvalue weighted by Crippen LogP contribution is -2.28. The first-order chi connectivity index (χ1) is 11.9. The van der Waals surface area contributed by atoms with Gasteiger partial charge in [-0.15, -0.1) is 11.3 Å². The van der Waals surface area contributed by atoms with Gasteiger partial charge in [0.1, 0.15) is 0 Å². The summed E-state index contributed by atoms with van der Waals surface area (Å²) in [5.74, 6) is 0.471. The van der Waals surface area contributed by atoms with E-state index in [1.165, 1.54) is 33.8 Å². The van der Waals surface area contributed by atoms with Crippen LogP contribution in [-0.4, -0.2) is 5.71 Å². The van der Waals surface area contributed by atoms with Gasteiger partial charge < -0.3 is 0 Å². The zero-order valence-corrected chi connectivity index (χ0v) is 14.1. The summed E-state index contributed by atoms with van der Waals surface area (Å²) < 4.78 is 0. The van der Waals surface area contributed by atoms with Crippen LogP contribution in [0.4, 0.5) is 5.69 Å². The number of aryl methyl sites for hydroxylation is 1. The van der Waals surface area contributed by atoms with Crippen LogP contribution >= 0.6 is 11.3 Å². The van der Waals surface area contributed by atoms with Gasteiger partial charge in [-0.05, 0) is 42.0 Å². The minimum atomic E-state index is 0.316. The predicted molar refractivity (Wildman–Crippen MR) is 101 cm³/mol. The van der Waals surface area contributed by atoms with Crippen molar-refractivity contribution in [2.24, 2.45) is 11.0 Å². The summed E-state index contributed by atoms with van der Waals surface area (Å²) in [6, 6.07) is 24.1. The number of para-hydroxylation sites is 1. The molecule has 0 saturated heterocycles. The number of rotatable bonds is 2. The number of fused-ring (bicyclic) bond motifs is 3. The van der Waals surface area contributed by atoms with Crippen LogP contribution in [-0.2, 0) is 6.42 Å². The van der Waals surface area contributed by atoms with Gasteiger partial charge in [-0.25, -0.2) is 0 Å². The van der Waals surface area contributed by atoms with E-state index in [0.29, 0.717) is 12.0 Å². The zero-order valence-electron chi connectivity index (χ0n) is 13.3. The molecule has 5 rings (SSSR count). The largest absolute Gasteiger partial charge is 0.256 e. The maximum absolute atomic E-state index is 5.12. The minimum Gasteiger partial charge on any atom is -0.256 e. The summed E-state index contributed by atoms with van der Waals surface area (Å²) in [7, 11) is 0. The van der Waals surface area contributed by atoms with Gasteiger partial charge in [-0.1, -0.05) is 48.5 Å². The van der Waals surface area contributed by atoms with Crippen molar-refractivity contribution in [3.8, 4) is 0 Å². The summed E-state index contributed by atoms with van der Waals surface area (Å²) in [5, 5.41) is 9.53. The van der Waals surface area contributed by atoms with Crippen molar-refractivity contribution in [1.82, 2.24) is 0 Å². The Morgan fingerprint density at radius 2 is 1.75 bits per heavy atom. The van der Waals surface area contributed by atoms with E-state index in [9.17, 15) is 0 Å². The summed E-state index contributed by atoms with van der Waals surface area (Å²) in [6.45, 7) is 0. The number of benzene rings is 2. The second-order valence-electron chi connectivity index (χ2n) is 6.43. The van der Waals surface area contributed by atoms with E-state index in [1.54, 1.807) is 0 Å². The lowest BCUT2D eigenvalue weighted by atomic mass is 9.79. The van der Waals surface area contributed by atoms with Crippen LogP contribution in [0.1, 0.15) is 28.5 Å². The van der Waals surface area contributed by atoms with Gasteiger partial charge in [-0.3, -0.25) is 5.01 Å². The molecule has 3 aromatic rings. The number of anilines is 1. The molecule has 1 aliphatic carbocycles. The molecule has 0 amide bonds. The van der Waals surface area contributed by atoms with Crippen LogP contribution in [0, 0.1) is 5.92 Å². The molecule has 0 saturated carbocycles. The second kappa shape index (κ2) is 5.60. The van der Waals surface area contributed by atoms with Crippen molar-refractivity contribution in [2.45, 2.75) is 18.9 Å². The highest BCUT2D eigenvalue weighted by molar-refractivity contribution is 7.10. The van der Waals surface area contributed by atoms with Crippen molar-refractivity contribution in [3.63, 3.8) is 0 Å². The van der Waals surface area contributed by atoms with Crippen LogP contribution in [0.3, 0.4) is 0 Å². The minimum absolute atomic E-state index is 0.316. The maximum Gasteiger partial charge on any atom is 0.0951 e. The summed E-state index contributed by atoms with van der Waals surface area (Å²) in [4.78, 5) is 1.40. The van der Waals surface area contributed by atoms with Crippen molar-refractivity contribution in [1.29, 1.82) is 0 Å². The first-order valence-electron chi connectivity index (χ1n) is 8.46. The van der Waals surface area contributed by atoms with Gasteiger partial charge in [-0.2, -0.15) is 5.10 Å². The summed E-state index contributed by atoms with van der Waals surface area (Å²) in [5.41, 5.74) is 5.22. The molecule has 118 valence electrons. The van der Waals surface area contributed by atoms with Crippen LogP contribution in [0.5, 0.6) is 0 Å². The molecule has 2 atom stereocenters. The molecule has 2 heterocycles. The molecule has 0 radical (unpaired) electrons. The van der Waals surface area contributed by atoms with E-state index >= 15 is 0 Å². The fraction of sp³-hybridized carbons (Fsp3) is 0.190. The molecule has 1 aromatic heterocycles. The number of hydrazone groups is 1. The topological polar surface area (TPSA) is 15.6 Å². The Morgan fingerprint density at radius 3 is 2.58 bits per heavy atom. The van der Waals surface area contributed by atoms with Gasteiger partial charge in [0.15, 0.2) is 0 Å². The lowest BCUT2D eigenvalue weighted by molar-refractivity contribution is 0.516. The lowest BCUT2D eigenvalue weighted by Gasteiger charge is -2.29. The third-order valence-corrected chi connectivity index (χ3v) is 6.03. The first kappa shape index (κ1) is 14.0. The third kappa shape index (κ3) is 2.12. The van der Waals surface area contributed by atoms with Crippen molar-refractivity contribution < 1.29 is 0 Å². The normalized spacial score (nSPS) is 22.0. The molecular weight excluding hydrogens is 312 g/mol. The van der Waals surface area contributed by atoms with Gasteiger partial charge in [0.05, 0.1) is 17.4 Å². The molecule has 2 nitrogen and oxygen atoms in total. The Kier molecular flexibility index (Phi) is 3.27. The molecule has 0 fully saturated rings. The van der Waals surface area contributed by atoms with E-state index in [2.05, 4.69) is 77.1 Å². The predicted octanol–water partition coefficient (Wildman–Crippen LogP) is 5.28. The Labute approximate surface area is 146 Å². The molecule has 0 bridgehead atoms. The zero-order chi connectivity index (χ0) is 15.9. The van der Waals surface area contributed by atoms with Crippen LogP contribution in [0.2, 0.25) is 0 Å². The standard InChI is InChI=1S/C21H18N2S/c1-2-8-16(9-3-1)23-21(19-11-6-14-24-19)18-13-12-15-7-4-5-10-17(15)20(18)22-23/h1-11,14,18,21H,12-13H2/t18-,21-/m0/s1. The van der Waals surface area contributed by atoms with Crippen LogP contribution in [0.25, 0.3) is 0 Å². The monoisotopic (exact) mass is 330 g/mol. The molecule has 0 N–H and O–H groups in total. The molecule has 2 aliphatic rings. The van der Waals surface area contributed by atoms with E-state index in [4.69, 9.17) is 5.10 Å². The van der Waals surface area contributed by atoms with E-state index in [0.717, 1.165) is 6.42 Å². The van der Waals surface area contributed by atoms with Crippen LogP contribution in [0.15, 0.2) is 77.2 Å². The SMILES string of the molecule is c1ccc(N2N=C3c4ccccc4CC[C@@H]3[C@H]2c2cccs2)cc1. The molecule has 3 heteroatoms. The van der Waals surface area contributed by atoms with E-state index in [-0.39, 0.29) is 0 Å². The van der Waals surface area contributed by atoms with E-state index in [1.807, 2.05) is 11.3 Å². The summed E-state index contributed by atoms with van der Waals surface area (Å²) in [6.07, 6.45) is 2.31. The second-order valence-corrected chi connectivity index (χ2v) is 7.41. The van der Waals surface area contributed by atoms with Gasteiger partial charge in [0.25, 0.3) is 0 Å². The highest BCUT2D eigenvalue weighted by Gasteiger charge is 2.42. The van der Waals surface area contributed by atoms with Gasteiger partial charge in [0, 0.05) is 16.4 Å². The van der Waals surface area contributed by atoms with Gasteiger partial charge in [0.2, 0.25) is 0 Å². The molecule has 24 heavy (non-hydrogen) atoms.